The maximum absolute atomic E-state index is 13.1. The average molecular weight is 372 g/mol. The lowest BCUT2D eigenvalue weighted by Crippen LogP contribution is -2.30. The van der Waals surface area contributed by atoms with Gasteiger partial charge < -0.3 is 10.2 Å². The van der Waals surface area contributed by atoms with E-state index in [-0.39, 0.29) is 20.9 Å². The van der Waals surface area contributed by atoms with E-state index in [2.05, 4.69) is 4.98 Å². The highest BCUT2D eigenvalue weighted by atomic mass is 32.1. The molecule has 0 saturated heterocycles. The molecule has 0 saturated carbocycles. The fraction of sp³-hybridized carbons (Fsp3) is 0.222. The number of fused-ring (bicyclic) bond motifs is 1. The average Bonchev–Trinajstić information content (AvgIpc) is 2.91. The zero-order valence-electron chi connectivity index (χ0n) is 14.3. The Bertz CT molecular complexity index is 1110. The molecule has 0 aliphatic heterocycles. The molecular formula is C18H16N2O5S. The maximum atomic E-state index is 13.1. The summed E-state index contributed by atoms with van der Waals surface area (Å²) in [4.78, 5) is 40.9. The quantitative estimate of drug-likeness (QED) is 0.728. The summed E-state index contributed by atoms with van der Waals surface area (Å²) in [7, 11) is 0. The van der Waals surface area contributed by atoms with Crippen LogP contribution in [0.4, 0.5) is 0 Å². The van der Waals surface area contributed by atoms with E-state index in [0.717, 1.165) is 21.5 Å². The van der Waals surface area contributed by atoms with Gasteiger partial charge in [0.25, 0.3) is 5.56 Å². The molecule has 0 aliphatic carbocycles. The molecule has 8 heteroatoms. The number of rotatable bonds is 4. The molecule has 0 aliphatic rings. The molecule has 134 valence electrons. The fourth-order valence-corrected chi connectivity index (χ4v) is 3.89. The van der Waals surface area contributed by atoms with Crippen molar-refractivity contribution < 1.29 is 19.8 Å². The molecule has 26 heavy (non-hydrogen) atoms. The second kappa shape index (κ2) is 6.38. The zero-order valence-corrected chi connectivity index (χ0v) is 15.1. The summed E-state index contributed by atoms with van der Waals surface area (Å²) in [6.07, 6.45) is 0. The molecule has 1 unspecified atom stereocenters. The number of hydrogen-bond donors (Lipinski definition) is 2. The van der Waals surface area contributed by atoms with Gasteiger partial charge in [-0.15, -0.1) is 11.3 Å². The highest BCUT2D eigenvalue weighted by Gasteiger charge is 2.26. The first-order valence-electron chi connectivity index (χ1n) is 7.81. The van der Waals surface area contributed by atoms with Crippen LogP contribution in [-0.2, 0) is 4.79 Å². The fourth-order valence-electron chi connectivity index (χ4n) is 2.88. The normalized spacial score (nSPS) is 12.3. The lowest BCUT2D eigenvalue weighted by Gasteiger charge is -2.17. The Kier molecular flexibility index (Phi) is 4.37. The highest BCUT2D eigenvalue weighted by Crippen LogP contribution is 2.31. The van der Waals surface area contributed by atoms with E-state index < -0.39 is 23.5 Å². The minimum Gasteiger partial charge on any atom is -0.480 e. The third kappa shape index (κ3) is 2.68. The van der Waals surface area contributed by atoms with Gasteiger partial charge in [0.05, 0.1) is 5.39 Å². The summed E-state index contributed by atoms with van der Waals surface area (Å²) in [5.41, 5.74) is 1.21. The monoisotopic (exact) mass is 372 g/mol. The van der Waals surface area contributed by atoms with Crippen molar-refractivity contribution in [3.63, 3.8) is 0 Å². The summed E-state index contributed by atoms with van der Waals surface area (Å²) in [5, 5.41) is 18.9. The van der Waals surface area contributed by atoms with E-state index in [4.69, 9.17) is 0 Å². The topological polar surface area (TPSA) is 109 Å². The summed E-state index contributed by atoms with van der Waals surface area (Å²) in [6, 6.07) is 6.05. The molecule has 0 spiro atoms. The first-order chi connectivity index (χ1) is 12.2. The second-order valence-electron chi connectivity index (χ2n) is 5.98. The van der Waals surface area contributed by atoms with Crippen LogP contribution in [0.2, 0.25) is 0 Å². The van der Waals surface area contributed by atoms with Crippen LogP contribution < -0.4 is 5.56 Å². The van der Waals surface area contributed by atoms with Crippen molar-refractivity contribution in [2.45, 2.75) is 26.8 Å². The van der Waals surface area contributed by atoms with Gasteiger partial charge in [0, 0.05) is 5.56 Å². The molecule has 1 aromatic carbocycles. The molecule has 3 aromatic rings. The van der Waals surface area contributed by atoms with Crippen LogP contribution in [-0.4, -0.2) is 31.7 Å². The van der Waals surface area contributed by atoms with Crippen LogP contribution in [0.15, 0.2) is 29.1 Å². The summed E-state index contributed by atoms with van der Waals surface area (Å²) in [5.74, 6) is -2.09. The molecule has 0 fully saturated rings. The number of thiophene rings is 1. The SMILES string of the molecule is Cc1ccccc1-c1nc2sc(C(=O)O)c(C)c2c(=O)n1C(C)C(=O)O. The van der Waals surface area contributed by atoms with Crippen LogP contribution in [0, 0.1) is 13.8 Å². The summed E-state index contributed by atoms with van der Waals surface area (Å²) < 4.78 is 1.12. The number of carboxylic acids is 2. The Morgan fingerprint density at radius 3 is 2.42 bits per heavy atom. The number of aromatic nitrogens is 2. The number of carboxylic acid groups (broad SMARTS) is 2. The zero-order chi connectivity index (χ0) is 19.2. The third-order valence-electron chi connectivity index (χ3n) is 4.32. The van der Waals surface area contributed by atoms with Crippen molar-refractivity contribution in [2.75, 3.05) is 0 Å². The molecule has 0 radical (unpaired) electrons. The number of aryl methyl sites for hydroxylation is 2. The molecule has 3 rings (SSSR count). The van der Waals surface area contributed by atoms with Gasteiger partial charge in [0.1, 0.15) is 21.6 Å². The Morgan fingerprint density at radius 2 is 1.85 bits per heavy atom. The van der Waals surface area contributed by atoms with Gasteiger partial charge >= 0.3 is 11.9 Å². The van der Waals surface area contributed by atoms with Crippen LogP contribution in [0.5, 0.6) is 0 Å². The van der Waals surface area contributed by atoms with Crippen LogP contribution in [0.1, 0.15) is 33.8 Å². The molecule has 7 nitrogen and oxygen atoms in total. The second-order valence-corrected chi connectivity index (χ2v) is 6.98. The minimum absolute atomic E-state index is 0.0288. The maximum Gasteiger partial charge on any atom is 0.346 e. The van der Waals surface area contributed by atoms with Gasteiger partial charge in [0.2, 0.25) is 0 Å². The van der Waals surface area contributed by atoms with Crippen molar-refractivity contribution >= 4 is 33.5 Å². The number of aliphatic carboxylic acids is 1. The molecule has 2 aromatic heterocycles. The standard InChI is InChI=1S/C18H16N2O5S/c1-8-6-4-5-7-11(8)14-19-15-12(9(2)13(26-15)18(24)25)16(21)20(14)10(3)17(22)23/h4-7,10H,1-3H3,(H,22,23)(H,24,25). The number of nitrogens with zero attached hydrogens (tertiary/aromatic N) is 2. The lowest BCUT2D eigenvalue weighted by molar-refractivity contribution is -0.140. The van der Waals surface area contributed by atoms with Crippen molar-refractivity contribution in [3.8, 4) is 11.4 Å². The predicted octanol–water partition coefficient (Wildman–Crippen LogP) is 3.09. The van der Waals surface area contributed by atoms with E-state index in [1.165, 1.54) is 13.8 Å². The lowest BCUT2D eigenvalue weighted by atomic mass is 10.1. The van der Waals surface area contributed by atoms with Crippen LogP contribution in [0.25, 0.3) is 21.6 Å². The van der Waals surface area contributed by atoms with Gasteiger partial charge in [0.15, 0.2) is 0 Å². The first kappa shape index (κ1) is 17.8. The smallest absolute Gasteiger partial charge is 0.346 e. The molecule has 0 bridgehead atoms. The number of hydrogen-bond acceptors (Lipinski definition) is 5. The Hall–Kier alpha value is -3.00. The van der Waals surface area contributed by atoms with Crippen LogP contribution in [0.3, 0.4) is 0 Å². The van der Waals surface area contributed by atoms with E-state index in [9.17, 15) is 24.6 Å². The Balaban J connectivity index is 2.49. The van der Waals surface area contributed by atoms with E-state index >= 15 is 0 Å². The minimum atomic E-state index is -1.17. The summed E-state index contributed by atoms with van der Waals surface area (Å²) >= 11 is 0.918. The van der Waals surface area contributed by atoms with Gasteiger partial charge in [-0.1, -0.05) is 24.3 Å². The number of carbonyl (C=O) groups is 2. The van der Waals surface area contributed by atoms with Crippen molar-refractivity contribution in [3.05, 3.63) is 50.6 Å². The molecule has 2 heterocycles. The van der Waals surface area contributed by atoms with E-state index in [1.54, 1.807) is 12.1 Å². The number of benzene rings is 1. The van der Waals surface area contributed by atoms with E-state index in [1.807, 2.05) is 19.1 Å². The Labute approximate surface area is 152 Å². The van der Waals surface area contributed by atoms with Gasteiger partial charge in [-0.3, -0.25) is 9.36 Å². The molecular weight excluding hydrogens is 356 g/mol. The van der Waals surface area contributed by atoms with Crippen molar-refractivity contribution in [2.24, 2.45) is 0 Å². The predicted molar refractivity (Wildman–Crippen MR) is 98.1 cm³/mol. The van der Waals surface area contributed by atoms with Crippen molar-refractivity contribution in [1.29, 1.82) is 0 Å². The molecule has 2 N–H and O–H groups in total. The molecule has 0 amide bonds. The summed E-state index contributed by atoms with van der Waals surface area (Å²) in [6.45, 7) is 4.78. The van der Waals surface area contributed by atoms with Crippen LogP contribution >= 0.6 is 11.3 Å². The highest BCUT2D eigenvalue weighted by molar-refractivity contribution is 7.20. The first-order valence-corrected chi connectivity index (χ1v) is 8.63. The number of aromatic carboxylic acids is 1. The van der Waals surface area contributed by atoms with E-state index in [0.29, 0.717) is 11.1 Å². The van der Waals surface area contributed by atoms with Gasteiger partial charge in [-0.25, -0.2) is 14.6 Å². The van der Waals surface area contributed by atoms with Gasteiger partial charge in [-0.05, 0) is 31.9 Å². The third-order valence-corrected chi connectivity index (χ3v) is 5.50. The van der Waals surface area contributed by atoms with Crippen molar-refractivity contribution in [1.82, 2.24) is 9.55 Å². The molecule has 1 atom stereocenters. The largest absolute Gasteiger partial charge is 0.480 e. The van der Waals surface area contributed by atoms with Gasteiger partial charge in [-0.2, -0.15) is 0 Å². The Morgan fingerprint density at radius 1 is 1.19 bits per heavy atom.